The van der Waals surface area contributed by atoms with Gasteiger partial charge in [0.15, 0.2) is 0 Å². The minimum Gasteiger partial charge on any atom is -0.357 e. The van der Waals surface area contributed by atoms with Crippen molar-refractivity contribution in [3.8, 4) is 10.6 Å². The van der Waals surface area contributed by atoms with E-state index in [1.165, 1.54) is 4.90 Å². The van der Waals surface area contributed by atoms with Crippen molar-refractivity contribution in [1.82, 2.24) is 14.8 Å². The van der Waals surface area contributed by atoms with E-state index < -0.39 is 0 Å². The van der Waals surface area contributed by atoms with E-state index in [0.29, 0.717) is 29.9 Å². The molecule has 2 amide bonds. The molecule has 28 heavy (non-hydrogen) atoms. The summed E-state index contributed by atoms with van der Waals surface area (Å²) < 4.78 is 0. The first-order chi connectivity index (χ1) is 13.5. The molecule has 7 nitrogen and oxygen atoms in total. The van der Waals surface area contributed by atoms with E-state index in [1.807, 2.05) is 29.6 Å². The van der Waals surface area contributed by atoms with Gasteiger partial charge in [-0.2, -0.15) is 0 Å². The summed E-state index contributed by atoms with van der Waals surface area (Å²) in [6, 6.07) is 7.45. The lowest BCUT2D eigenvalue weighted by Gasteiger charge is -2.32. The maximum Gasteiger partial charge on any atom is 0.270 e. The summed E-state index contributed by atoms with van der Waals surface area (Å²) >= 11 is 1.55. The zero-order chi connectivity index (χ0) is 20.1. The molecular weight excluding hydrogens is 376 g/mol. The van der Waals surface area contributed by atoms with Crippen molar-refractivity contribution in [3.05, 3.63) is 47.1 Å². The molecule has 0 radical (unpaired) electrons. The van der Waals surface area contributed by atoms with Crippen LogP contribution in [0, 0.1) is 0 Å². The number of nitrogens with zero attached hydrogens (tertiary/aromatic N) is 3. The molecule has 0 saturated carbocycles. The highest BCUT2D eigenvalue weighted by Gasteiger charge is 2.28. The third kappa shape index (κ3) is 4.45. The van der Waals surface area contributed by atoms with Gasteiger partial charge in [0.25, 0.3) is 5.91 Å². The number of carbonyl (C=O) groups is 3. The van der Waals surface area contributed by atoms with Crippen molar-refractivity contribution in [3.63, 3.8) is 0 Å². The Hall–Kier alpha value is -3.00. The van der Waals surface area contributed by atoms with E-state index in [0.717, 1.165) is 23.3 Å². The van der Waals surface area contributed by atoms with Crippen LogP contribution in [-0.2, 0) is 14.4 Å². The number of hydrogen-bond acceptors (Lipinski definition) is 6. The van der Waals surface area contributed by atoms with Gasteiger partial charge in [-0.15, -0.1) is 11.3 Å². The molecule has 0 bridgehead atoms. The van der Waals surface area contributed by atoms with E-state index in [2.05, 4.69) is 10.3 Å². The first-order valence-electron chi connectivity index (χ1n) is 8.94. The van der Waals surface area contributed by atoms with Gasteiger partial charge in [-0.1, -0.05) is 0 Å². The number of aromatic nitrogens is 1. The normalized spacial score (nSPS) is 14.0. The largest absolute Gasteiger partial charge is 0.357 e. The first-order valence-corrected chi connectivity index (χ1v) is 9.82. The summed E-state index contributed by atoms with van der Waals surface area (Å²) in [6.45, 7) is 0.573. The second kappa shape index (κ2) is 8.79. The van der Waals surface area contributed by atoms with E-state index in [9.17, 15) is 14.4 Å². The molecule has 146 valence electrons. The maximum absolute atomic E-state index is 12.5. The lowest BCUT2D eigenvalue weighted by molar-refractivity contribution is -0.127. The average Bonchev–Trinajstić information content (AvgIpc) is 3.22. The zero-order valence-electron chi connectivity index (χ0n) is 15.8. The molecule has 1 aliphatic heterocycles. The summed E-state index contributed by atoms with van der Waals surface area (Å²) in [6.07, 6.45) is 3.75. The molecule has 0 fully saturated rings. The minimum absolute atomic E-state index is 0.0144. The number of aldehydes is 1. The van der Waals surface area contributed by atoms with Crippen molar-refractivity contribution < 1.29 is 14.4 Å². The standard InChI is InChI=1S/C20H22N4O3S/c1-23(2)20(27)18-15(13-25)4-3-10-24(18)12-17(26)22-16-7-5-14(6-8-16)19-21-9-11-28-19/h5-9,11,13H,3-4,10,12H2,1-2H3,(H,22,26). The number of hydrogen-bond donors (Lipinski definition) is 1. The van der Waals surface area contributed by atoms with Crippen molar-refractivity contribution in [2.45, 2.75) is 12.8 Å². The molecule has 1 aliphatic rings. The number of thiazole rings is 1. The van der Waals surface area contributed by atoms with Gasteiger partial charge >= 0.3 is 0 Å². The molecule has 0 spiro atoms. The van der Waals surface area contributed by atoms with Gasteiger partial charge < -0.3 is 15.1 Å². The monoisotopic (exact) mass is 398 g/mol. The number of anilines is 1. The topological polar surface area (TPSA) is 82.6 Å². The fourth-order valence-corrected chi connectivity index (χ4v) is 3.73. The summed E-state index contributed by atoms with van der Waals surface area (Å²) in [5.74, 6) is -0.499. The average molecular weight is 398 g/mol. The van der Waals surface area contributed by atoms with E-state index >= 15 is 0 Å². The van der Waals surface area contributed by atoms with Gasteiger partial charge in [-0.05, 0) is 37.1 Å². The lowest BCUT2D eigenvalue weighted by Crippen LogP contribution is -2.42. The molecule has 2 aromatic rings. The molecule has 1 aromatic heterocycles. The van der Waals surface area contributed by atoms with Crippen LogP contribution in [0.15, 0.2) is 47.1 Å². The highest BCUT2D eigenvalue weighted by atomic mass is 32.1. The summed E-state index contributed by atoms with van der Waals surface area (Å²) in [7, 11) is 3.27. The highest BCUT2D eigenvalue weighted by molar-refractivity contribution is 7.13. The SMILES string of the molecule is CN(C)C(=O)C1=C(C=O)CCCN1CC(=O)Nc1ccc(-c2nccs2)cc1. The number of allylic oxidation sites excluding steroid dienone is 1. The van der Waals surface area contributed by atoms with Crippen LogP contribution < -0.4 is 5.32 Å². The fourth-order valence-electron chi connectivity index (χ4n) is 3.09. The van der Waals surface area contributed by atoms with Crippen LogP contribution in [-0.4, -0.2) is 60.1 Å². The maximum atomic E-state index is 12.5. The van der Waals surface area contributed by atoms with Crippen LogP contribution in [0.3, 0.4) is 0 Å². The summed E-state index contributed by atoms with van der Waals surface area (Å²) in [4.78, 5) is 43.8. The Balaban J connectivity index is 1.69. The van der Waals surface area contributed by atoms with Gasteiger partial charge in [-0.3, -0.25) is 14.4 Å². The van der Waals surface area contributed by atoms with Crippen LogP contribution in [0.4, 0.5) is 5.69 Å². The molecule has 0 aliphatic carbocycles. The molecule has 0 atom stereocenters. The lowest BCUT2D eigenvalue weighted by atomic mass is 10.0. The quantitative estimate of drug-likeness (QED) is 0.756. The molecular formula is C20H22N4O3S. The number of likely N-dealkylation sites (N-methyl/N-ethyl adjacent to an activating group) is 1. The number of carbonyl (C=O) groups excluding carboxylic acids is 3. The Bertz CT molecular complexity index is 889. The zero-order valence-corrected chi connectivity index (χ0v) is 16.7. The van der Waals surface area contributed by atoms with Crippen LogP contribution in [0.25, 0.3) is 10.6 Å². The highest BCUT2D eigenvalue weighted by Crippen LogP contribution is 2.24. The Kier molecular flexibility index (Phi) is 6.20. The van der Waals surface area contributed by atoms with Crippen molar-refractivity contribution >= 4 is 35.1 Å². The van der Waals surface area contributed by atoms with Crippen molar-refractivity contribution in [1.29, 1.82) is 0 Å². The first kappa shape index (κ1) is 19.8. The van der Waals surface area contributed by atoms with Gasteiger partial charge in [0.05, 0.1) is 6.54 Å². The van der Waals surface area contributed by atoms with E-state index in [4.69, 9.17) is 0 Å². The van der Waals surface area contributed by atoms with Crippen LogP contribution in [0.5, 0.6) is 0 Å². The number of amides is 2. The number of benzene rings is 1. The molecule has 3 rings (SSSR count). The fraction of sp³-hybridized carbons (Fsp3) is 0.300. The van der Waals surface area contributed by atoms with Crippen LogP contribution >= 0.6 is 11.3 Å². The molecule has 0 unspecified atom stereocenters. The minimum atomic E-state index is -0.262. The summed E-state index contributed by atoms with van der Waals surface area (Å²) in [5, 5.41) is 5.68. The molecule has 2 heterocycles. The van der Waals surface area contributed by atoms with Gasteiger partial charge in [0.1, 0.15) is 17.0 Å². The predicted octanol–water partition coefficient (Wildman–Crippen LogP) is 2.39. The van der Waals surface area contributed by atoms with E-state index in [-0.39, 0.29) is 18.4 Å². The number of rotatable bonds is 6. The smallest absolute Gasteiger partial charge is 0.270 e. The van der Waals surface area contributed by atoms with Gasteiger partial charge in [0, 0.05) is 49.0 Å². The third-order valence-corrected chi connectivity index (χ3v) is 5.25. The Morgan fingerprint density at radius 3 is 2.64 bits per heavy atom. The molecule has 0 saturated heterocycles. The molecule has 1 aromatic carbocycles. The Morgan fingerprint density at radius 2 is 2.04 bits per heavy atom. The summed E-state index contributed by atoms with van der Waals surface area (Å²) in [5.41, 5.74) is 2.43. The predicted molar refractivity (Wildman–Crippen MR) is 109 cm³/mol. The third-order valence-electron chi connectivity index (χ3n) is 4.43. The molecule has 8 heteroatoms. The molecule has 1 N–H and O–H groups in total. The Morgan fingerprint density at radius 1 is 1.29 bits per heavy atom. The van der Waals surface area contributed by atoms with Crippen molar-refractivity contribution in [2.75, 3.05) is 32.5 Å². The second-order valence-electron chi connectivity index (χ2n) is 6.68. The van der Waals surface area contributed by atoms with Gasteiger partial charge in [-0.25, -0.2) is 4.98 Å². The van der Waals surface area contributed by atoms with Crippen LogP contribution in [0.1, 0.15) is 12.8 Å². The number of nitrogens with one attached hydrogen (secondary N) is 1. The van der Waals surface area contributed by atoms with Crippen LogP contribution in [0.2, 0.25) is 0 Å². The van der Waals surface area contributed by atoms with E-state index in [1.54, 1.807) is 36.5 Å². The van der Waals surface area contributed by atoms with Gasteiger partial charge in [0.2, 0.25) is 5.91 Å². The Labute approximate surface area is 167 Å². The van der Waals surface area contributed by atoms with Crippen molar-refractivity contribution in [2.24, 2.45) is 0 Å². The second-order valence-corrected chi connectivity index (χ2v) is 7.57.